The van der Waals surface area contributed by atoms with Crippen molar-refractivity contribution in [1.82, 2.24) is 10.1 Å². The van der Waals surface area contributed by atoms with Crippen molar-refractivity contribution in [2.24, 2.45) is 10.9 Å². The number of rotatable bonds is 6. The molecule has 0 spiro atoms. The Kier molecular flexibility index (Phi) is 6.25. The number of sulfonamides is 1. The number of nitrogens with zero attached hydrogens (tertiary/aromatic N) is 1. The summed E-state index contributed by atoms with van der Waals surface area (Å²) in [6.45, 7) is 3.62. The summed E-state index contributed by atoms with van der Waals surface area (Å²) in [5.74, 6) is -0.828. The minimum atomic E-state index is -4.51. The lowest BCUT2D eigenvalue weighted by molar-refractivity contribution is -0.137. The highest BCUT2D eigenvalue weighted by molar-refractivity contribution is 7.90. The maximum Gasteiger partial charge on any atom is 0.416 e. The summed E-state index contributed by atoms with van der Waals surface area (Å²) in [5, 5.41) is 0. The molecule has 3 rings (SSSR count). The second-order valence-corrected chi connectivity index (χ2v) is 8.75. The molecule has 0 saturated carbocycles. The number of alkyl halides is 3. The average molecular weight is 454 g/mol. The minimum Gasteiger partial charge on any atom is -0.299 e. The van der Waals surface area contributed by atoms with E-state index in [2.05, 4.69) is 20.6 Å². The van der Waals surface area contributed by atoms with Crippen molar-refractivity contribution in [3.05, 3.63) is 59.7 Å². The van der Waals surface area contributed by atoms with Gasteiger partial charge in [-0.25, -0.2) is 8.42 Å². The van der Waals surface area contributed by atoms with Crippen molar-refractivity contribution < 1.29 is 26.4 Å². The van der Waals surface area contributed by atoms with Gasteiger partial charge in [0.25, 0.3) is 15.9 Å². The Morgan fingerprint density at radius 3 is 2.55 bits per heavy atom. The first-order valence-corrected chi connectivity index (χ1v) is 10.9. The molecule has 2 aromatic carbocycles. The highest BCUT2D eigenvalue weighted by atomic mass is 32.2. The van der Waals surface area contributed by atoms with E-state index in [1.165, 1.54) is 18.2 Å². The fourth-order valence-electron chi connectivity index (χ4n) is 3.02. The molecule has 1 aliphatic heterocycles. The number of amidine groups is 1. The molecule has 0 aromatic heterocycles. The topological polar surface area (TPSA) is 99.7 Å². The van der Waals surface area contributed by atoms with Gasteiger partial charge in [-0.1, -0.05) is 38.5 Å². The first-order valence-electron chi connectivity index (χ1n) is 9.46. The van der Waals surface area contributed by atoms with Crippen LogP contribution in [0, 0.1) is 5.92 Å². The van der Waals surface area contributed by atoms with Crippen LogP contribution in [0.15, 0.2) is 58.4 Å². The van der Waals surface area contributed by atoms with Gasteiger partial charge < -0.3 is 0 Å². The van der Waals surface area contributed by atoms with E-state index in [-0.39, 0.29) is 22.3 Å². The van der Waals surface area contributed by atoms with Gasteiger partial charge in [-0.2, -0.15) is 13.2 Å². The number of fused-ring (bicyclic) bond motifs is 1. The van der Waals surface area contributed by atoms with E-state index in [0.717, 1.165) is 12.1 Å². The second-order valence-electron chi connectivity index (χ2n) is 7.10. The summed E-state index contributed by atoms with van der Waals surface area (Å²) in [6, 6.07) is 9.66. The quantitative estimate of drug-likeness (QED) is 0.583. The van der Waals surface area contributed by atoms with Gasteiger partial charge in [0.2, 0.25) is 0 Å². The molecule has 3 N–H and O–H groups in total. The molecule has 0 fully saturated rings. The third kappa shape index (κ3) is 4.98. The van der Waals surface area contributed by atoms with Gasteiger partial charge in [0.05, 0.1) is 16.1 Å². The summed E-state index contributed by atoms with van der Waals surface area (Å²) in [5.41, 5.74) is 4.38. The normalized spacial score (nSPS) is 18.0. The molecule has 2 aromatic rings. The predicted molar refractivity (Wildman–Crippen MR) is 110 cm³/mol. The van der Waals surface area contributed by atoms with Crippen LogP contribution < -0.4 is 15.6 Å². The molecule has 166 valence electrons. The number of amides is 1. The van der Waals surface area contributed by atoms with Crippen molar-refractivity contribution in [2.45, 2.75) is 37.4 Å². The average Bonchev–Trinajstić information content (AvgIpc) is 2.99. The molecular formula is C20H21F3N4O3S. The van der Waals surface area contributed by atoms with Gasteiger partial charge in [0.1, 0.15) is 11.9 Å². The Morgan fingerprint density at radius 1 is 1.16 bits per heavy atom. The predicted octanol–water partition coefficient (Wildman–Crippen LogP) is 3.30. The zero-order valence-corrected chi connectivity index (χ0v) is 17.5. The van der Waals surface area contributed by atoms with Crippen LogP contribution in [0.5, 0.6) is 0 Å². The van der Waals surface area contributed by atoms with Gasteiger partial charge in [-0.3, -0.25) is 25.4 Å². The lowest BCUT2D eigenvalue weighted by Gasteiger charge is -2.20. The van der Waals surface area contributed by atoms with Gasteiger partial charge in [-0.05, 0) is 36.2 Å². The highest BCUT2D eigenvalue weighted by Gasteiger charge is 2.33. The van der Waals surface area contributed by atoms with E-state index < -0.39 is 33.7 Å². The number of aliphatic imine (C=N–C) groups is 1. The van der Waals surface area contributed by atoms with Crippen molar-refractivity contribution >= 4 is 27.5 Å². The van der Waals surface area contributed by atoms with E-state index in [9.17, 15) is 26.4 Å². The molecule has 7 nitrogen and oxygen atoms in total. The summed E-state index contributed by atoms with van der Waals surface area (Å²) in [4.78, 5) is 17.2. The molecule has 31 heavy (non-hydrogen) atoms. The lowest BCUT2D eigenvalue weighted by Crippen LogP contribution is -2.41. The van der Waals surface area contributed by atoms with E-state index in [1.54, 1.807) is 25.1 Å². The molecule has 1 heterocycles. The number of hydrogen-bond acceptors (Lipinski definition) is 5. The molecule has 11 heteroatoms. The summed E-state index contributed by atoms with van der Waals surface area (Å²) < 4.78 is 65.5. The summed E-state index contributed by atoms with van der Waals surface area (Å²) in [6.07, 6.45) is -3.95. The SMILES string of the molecule is CC[C@H](C)[C@H](N=C1NS(=O)(=O)c2ccccc21)C(=O)NNc1cccc(C(F)(F)F)c1. The monoisotopic (exact) mass is 454 g/mol. The van der Waals surface area contributed by atoms with Crippen LogP contribution in [0.3, 0.4) is 0 Å². The number of halogens is 3. The molecule has 2 atom stereocenters. The zero-order chi connectivity index (χ0) is 22.8. The number of nitrogens with one attached hydrogen (secondary N) is 3. The van der Waals surface area contributed by atoms with Crippen LogP contribution in [0.1, 0.15) is 31.4 Å². The fraction of sp³-hybridized carbons (Fsp3) is 0.300. The van der Waals surface area contributed by atoms with Gasteiger partial charge in [0, 0.05) is 5.56 Å². The minimum absolute atomic E-state index is 0.0469. The maximum absolute atomic E-state index is 12.9. The zero-order valence-electron chi connectivity index (χ0n) is 16.7. The molecule has 0 radical (unpaired) electrons. The Balaban J connectivity index is 1.83. The smallest absolute Gasteiger partial charge is 0.299 e. The molecule has 1 amide bonds. The third-order valence-corrected chi connectivity index (χ3v) is 6.30. The largest absolute Gasteiger partial charge is 0.416 e. The van der Waals surface area contributed by atoms with Crippen molar-refractivity contribution in [3.8, 4) is 0 Å². The third-order valence-electron chi connectivity index (χ3n) is 4.90. The Hall–Kier alpha value is -3.08. The first-order chi connectivity index (χ1) is 14.5. The number of anilines is 1. The molecule has 1 aliphatic rings. The summed E-state index contributed by atoms with van der Waals surface area (Å²) >= 11 is 0. The van der Waals surface area contributed by atoms with Crippen molar-refractivity contribution in [1.29, 1.82) is 0 Å². The molecule has 0 aliphatic carbocycles. The van der Waals surface area contributed by atoms with Crippen LogP contribution in [-0.2, 0) is 21.0 Å². The fourth-order valence-corrected chi connectivity index (χ4v) is 4.26. The number of hydrazine groups is 1. The standard InChI is InChI=1S/C20H21F3N4O3S/c1-3-12(2)17(24-18-15-9-4-5-10-16(15)31(29,30)27-18)19(28)26-25-14-8-6-7-13(11-14)20(21,22)23/h4-12,17,25H,3H2,1-2H3,(H,24,27)(H,26,28)/t12-,17-/m0/s1. The van der Waals surface area contributed by atoms with Gasteiger partial charge in [0.15, 0.2) is 0 Å². The van der Waals surface area contributed by atoms with E-state index >= 15 is 0 Å². The summed E-state index contributed by atoms with van der Waals surface area (Å²) in [7, 11) is -3.77. The van der Waals surface area contributed by atoms with E-state index in [4.69, 9.17) is 0 Å². The first kappa shape index (κ1) is 22.6. The number of carbonyl (C=O) groups excluding carboxylic acids is 1. The maximum atomic E-state index is 12.9. The molecule has 0 bridgehead atoms. The number of carbonyl (C=O) groups is 1. The number of hydrogen-bond donors (Lipinski definition) is 3. The molecule has 0 unspecified atom stereocenters. The van der Waals surface area contributed by atoms with Crippen LogP contribution >= 0.6 is 0 Å². The Labute approximate surface area is 177 Å². The Morgan fingerprint density at radius 2 is 1.87 bits per heavy atom. The van der Waals surface area contributed by atoms with Crippen molar-refractivity contribution in [3.63, 3.8) is 0 Å². The van der Waals surface area contributed by atoms with Crippen molar-refractivity contribution in [2.75, 3.05) is 5.43 Å². The Bertz CT molecular complexity index is 1120. The highest BCUT2D eigenvalue weighted by Crippen LogP contribution is 2.30. The second kappa shape index (κ2) is 8.58. The van der Waals surface area contributed by atoms with E-state index in [0.29, 0.717) is 12.0 Å². The van der Waals surface area contributed by atoms with Gasteiger partial charge in [-0.15, -0.1) is 0 Å². The van der Waals surface area contributed by atoms with Crippen LogP contribution in [0.4, 0.5) is 18.9 Å². The van der Waals surface area contributed by atoms with Crippen LogP contribution in [0.2, 0.25) is 0 Å². The van der Waals surface area contributed by atoms with E-state index in [1.807, 2.05) is 6.92 Å². The molecule has 0 saturated heterocycles. The van der Waals surface area contributed by atoms with Crippen LogP contribution in [-0.4, -0.2) is 26.2 Å². The number of benzene rings is 2. The van der Waals surface area contributed by atoms with Gasteiger partial charge >= 0.3 is 6.18 Å². The van der Waals surface area contributed by atoms with Crippen LogP contribution in [0.25, 0.3) is 0 Å². The lowest BCUT2D eigenvalue weighted by atomic mass is 9.99. The molecular weight excluding hydrogens is 433 g/mol.